The van der Waals surface area contributed by atoms with Crippen LogP contribution in [0.25, 0.3) is 5.52 Å². The number of piperidine rings is 1. The fourth-order valence-corrected chi connectivity index (χ4v) is 5.01. The van der Waals surface area contributed by atoms with E-state index < -0.39 is 27.7 Å². The number of benzene rings is 1. The van der Waals surface area contributed by atoms with Crippen LogP contribution in [0.4, 0.5) is 13.2 Å². The van der Waals surface area contributed by atoms with E-state index in [1.807, 2.05) is 0 Å². The molecule has 0 saturated carbocycles. The Morgan fingerprint density at radius 1 is 1.21 bits per heavy atom. The second-order valence-electron chi connectivity index (χ2n) is 8.12. The van der Waals surface area contributed by atoms with Crippen LogP contribution in [0.2, 0.25) is 0 Å². The van der Waals surface area contributed by atoms with Crippen molar-refractivity contribution >= 4 is 21.4 Å². The summed E-state index contributed by atoms with van der Waals surface area (Å²) in [5.74, 6) is -0.116. The van der Waals surface area contributed by atoms with Crippen molar-refractivity contribution in [2.75, 3.05) is 19.3 Å². The lowest BCUT2D eigenvalue weighted by Gasteiger charge is -2.30. The van der Waals surface area contributed by atoms with Crippen LogP contribution in [0.1, 0.15) is 46.2 Å². The zero-order valence-corrected chi connectivity index (χ0v) is 18.7. The highest BCUT2D eigenvalue weighted by molar-refractivity contribution is 7.88. The molecular formula is C22H23F3N4O3S. The number of alkyl halides is 3. The van der Waals surface area contributed by atoms with Crippen molar-refractivity contribution < 1.29 is 26.4 Å². The number of amides is 1. The van der Waals surface area contributed by atoms with Gasteiger partial charge in [0.15, 0.2) is 5.69 Å². The summed E-state index contributed by atoms with van der Waals surface area (Å²) in [4.78, 5) is 17.5. The molecule has 4 rings (SSSR count). The van der Waals surface area contributed by atoms with Crippen molar-refractivity contribution in [2.45, 2.75) is 31.5 Å². The van der Waals surface area contributed by atoms with Gasteiger partial charge >= 0.3 is 6.18 Å². The Balaban J connectivity index is 1.58. The second-order valence-corrected chi connectivity index (χ2v) is 10.1. The van der Waals surface area contributed by atoms with Gasteiger partial charge in [-0.25, -0.2) is 17.7 Å². The molecular weight excluding hydrogens is 457 g/mol. The maximum absolute atomic E-state index is 12.9. The summed E-state index contributed by atoms with van der Waals surface area (Å²) in [6.45, 7) is 0.635. The van der Waals surface area contributed by atoms with Crippen molar-refractivity contribution in [3.63, 3.8) is 0 Å². The van der Waals surface area contributed by atoms with Crippen molar-refractivity contribution in [3.05, 3.63) is 71.3 Å². The standard InChI is InChI=1S/C22H23F3N4O3S/c1-33(31,32)28-10-5-7-16(14-28)20-27-19(18-9-2-3-11-29(18)20)21(30)26-13-15-6-4-8-17(12-15)22(23,24)25/h2-4,6,8-9,11-12,16H,5,7,10,13-14H2,1H3,(H,26,30)/t16-/m1/s1. The van der Waals surface area contributed by atoms with Crippen LogP contribution < -0.4 is 5.32 Å². The number of carbonyl (C=O) groups is 1. The number of sulfonamides is 1. The average molecular weight is 481 g/mol. The number of aromatic nitrogens is 2. The first-order valence-corrected chi connectivity index (χ1v) is 12.3. The van der Waals surface area contributed by atoms with Gasteiger partial charge in [0, 0.05) is 31.7 Å². The van der Waals surface area contributed by atoms with Crippen molar-refractivity contribution in [3.8, 4) is 0 Å². The molecule has 176 valence electrons. The highest BCUT2D eigenvalue weighted by Crippen LogP contribution is 2.30. The maximum atomic E-state index is 12.9. The molecule has 11 heteroatoms. The monoisotopic (exact) mass is 480 g/mol. The molecule has 0 spiro atoms. The lowest BCUT2D eigenvalue weighted by molar-refractivity contribution is -0.137. The van der Waals surface area contributed by atoms with E-state index in [1.54, 1.807) is 28.8 Å². The second kappa shape index (κ2) is 8.79. The van der Waals surface area contributed by atoms with E-state index in [0.29, 0.717) is 29.9 Å². The van der Waals surface area contributed by atoms with E-state index in [-0.39, 0.29) is 24.7 Å². The molecule has 1 fully saturated rings. The number of hydrogen-bond acceptors (Lipinski definition) is 4. The molecule has 1 N–H and O–H groups in total. The molecule has 0 unspecified atom stereocenters. The number of pyridine rings is 1. The third-order valence-corrected chi connectivity index (χ3v) is 6.99. The van der Waals surface area contributed by atoms with Gasteiger partial charge in [-0.3, -0.25) is 4.79 Å². The maximum Gasteiger partial charge on any atom is 0.416 e. The molecule has 0 radical (unpaired) electrons. The van der Waals surface area contributed by atoms with Crippen LogP contribution in [0.3, 0.4) is 0 Å². The third kappa shape index (κ3) is 5.03. The van der Waals surface area contributed by atoms with E-state index >= 15 is 0 Å². The minimum Gasteiger partial charge on any atom is -0.347 e. The summed E-state index contributed by atoms with van der Waals surface area (Å²) in [5, 5.41) is 2.65. The quantitative estimate of drug-likeness (QED) is 0.607. The minimum atomic E-state index is -4.46. The Kier molecular flexibility index (Phi) is 6.19. The van der Waals surface area contributed by atoms with E-state index in [9.17, 15) is 26.4 Å². The molecule has 1 saturated heterocycles. The topological polar surface area (TPSA) is 83.8 Å². The van der Waals surface area contributed by atoms with Crippen molar-refractivity contribution in [1.29, 1.82) is 0 Å². The van der Waals surface area contributed by atoms with Gasteiger partial charge in [0.25, 0.3) is 5.91 Å². The van der Waals surface area contributed by atoms with Gasteiger partial charge in [-0.15, -0.1) is 0 Å². The summed E-state index contributed by atoms with van der Waals surface area (Å²) in [7, 11) is -3.35. The molecule has 1 amide bonds. The van der Waals surface area contributed by atoms with E-state index in [4.69, 9.17) is 0 Å². The number of imidazole rings is 1. The van der Waals surface area contributed by atoms with Gasteiger partial charge < -0.3 is 9.72 Å². The average Bonchev–Trinajstić information content (AvgIpc) is 3.16. The number of nitrogens with zero attached hydrogens (tertiary/aromatic N) is 3. The Morgan fingerprint density at radius 2 is 2.00 bits per heavy atom. The summed E-state index contributed by atoms with van der Waals surface area (Å²) in [6.07, 6.45) is -0.122. The number of hydrogen-bond donors (Lipinski definition) is 1. The minimum absolute atomic E-state index is 0.0881. The smallest absolute Gasteiger partial charge is 0.347 e. The van der Waals surface area contributed by atoms with Gasteiger partial charge in [-0.1, -0.05) is 18.2 Å². The molecule has 3 aromatic rings. The Hall–Kier alpha value is -2.92. The SMILES string of the molecule is CS(=O)(=O)N1CCC[C@@H](c2nc(C(=O)NCc3cccc(C(F)(F)F)c3)c3ccccn23)C1. The van der Waals surface area contributed by atoms with Crippen LogP contribution in [0, 0.1) is 0 Å². The number of nitrogens with one attached hydrogen (secondary N) is 1. The fourth-order valence-electron chi connectivity index (χ4n) is 4.09. The van der Waals surface area contributed by atoms with Gasteiger partial charge in [-0.05, 0) is 42.7 Å². The van der Waals surface area contributed by atoms with Crippen LogP contribution in [-0.4, -0.2) is 47.4 Å². The zero-order valence-electron chi connectivity index (χ0n) is 17.8. The normalized spacial score (nSPS) is 17.9. The molecule has 1 atom stereocenters. The van der Waals surface area contributed by atoms with Gasteiger partial charge in [0.1, 0.15) is 5.82 Å². The Labute approximate surface area is 189 Å². The van der Waals surface area contributed by atoms with Crippen LogP contribution in [0.15, 0.2) is 48.7 Å². The summed E-state index contributed by atoms with van der Waals surface area (Å²) >= 11 is 0. The molecule has 1 aliphatic rings. The number of rotatable bonds is 5. The molecule has 1 aliphatic heterocycles. The Bertz CT molecular complexity index is 1290. The first kappa shape index (κ1) is 23.2. The van der Waals surface area contributed by atoms with Crippen LogP contribution >= 0.6 is 0 Å². The van der Waals surface area contributed by atoms with Crippen molar-refractivity contribution in [1.82, 2.24) is 19.0 Å². The zero-order chi connectivity index (χ0) is 23.8. The highest BCUT2D eigenvalue weighted by Gasteiger charge is 2.32. The third-order valence-electron chi connectivity index (χ3n) is 5.72. The van der Waals surface area contributed by atoms with Crippen LogP contribution in [0.5, 0.6) is 0 Å². The van der Waals surface area contributed by atoms with E-state index in [0.717, 1.165) is 18.6 Å². The molecule has 33 heavy (non-hydrogen) atoms. The molecule has 0 aliphatic carbocycles. The molecule has 2 aromatic heterocycles. The largest absolute Gasteiger partial charge is 0.416 e. The molecule has 0 bridgehead atoms. The lowest BCUT2D eigenvalue weighted by atomic mass is 9.99. The van der Waals surface area contributed by atoms with Gasteiger partial charge in [-0.2, -0.15) is 13.2 Å². The fraction of sp³-hybridized carbons (Fsp3) is 0.364. The van der Waals surface area contributed by atoms with E-state index in [1.165, 1.54) is 22.7 Å². The Morgan fingerprint density at radius 3 is 2.73 bits per heavy atom. The van der Waals surface area contributed by atoms with Gasteiger partial charge in [0.05, 0.1) is 17.3 Å². The predicted octanol–water partition coefficient (Wildman–Crippen LogP) is 3.42. The summed E-state index contributed by atoms with van der Waals surface area (Å²) < 4.78 is 66.0. The molecule has 7 nitrogen and oxygen atoms in total. The lowest BCUT2D eigenvalue weighted by Crippen LogP contribution is -2.38. The number of halogens is 3. The summed E-state index contributed by atoms with van der Waals surface area (Å²) in [6, 6.07) is 10.1. The summed E-state index contributed by atoms with van der Waals surface area (Å²) in [5.41, 5.74) is 0.231. The number of carbonyl (C=O) groups excluding carboxylic acids is 1. The first-order chi connectivity index (χ1) is 15.5. The first-order valence-electron chi connectivity index (χ1n) is 10.4. The number of fused-ring (bicyclic) bond motifs is 1. The van der Waals surface area contributed by atoms with E-state index in [2.05, 4.69) is 10.3 Å². The van der Waals surface area contributed by atoms with Crippen LogP contribution in [-0.2, 0) is 22.7 Å². The molecule has 1 aromatic carbocycles. The molecule has 3 heterocycles. The van der Waals surface area contributed by atoms with Gasteiger partial charge in [0.2, 0.25) is 10.0 Å². The highest BCUT2D eigenvalue weighted by atomic mass is 32.2. The van der Waals surface area contributed by atoms with Crippen molar-refractivity contribution in [2.24, 2.45) is 0 Å². The predicted molar refractivity (Wildman–Crippen MR) is 116 cm³/mol.